The van der Waals surface area contributed by atoms with Gasteiger partial charge in [0.2, 0.25) is 0 Å². The number of amides is 2. The summed E-state index contributed by atoms with van der Waals surface area (Å²) >= 11 is 0. The van der Waals surface area contributed by atoms with Crippen LogP contribution >= 0.6 is 0 Å². The van der Waals surface area contributed by atoms with Gasteiger partial charge in [-0.2, -0.15) is 0 Å². The smallest absolute Gasteiger partial charge is 0.255 e. The van der Waals surface area contributed by atoms with Crippen LogP contribution < -0.4 is 15.4 Å². The minimum absolute atomic E-state index is 0.171. The van der Waals surface area contributed by atoms with Crippen LogP contribution in [-0.2, 0) is 6.54 Å². The monoisotopic (exact) mass is 378 g/mol. The van der Waals surface area contributed by atoms with E-state index in [1.165, 1.54) is 18.2 Å². The zero-order chi connectivity index (χ0) is 19.9. The summed E-state index contributed by atoms with van der Waals surface area (Å²) in [5.41, 5.74) is 1.65. The number of hydrogen-bond acceptors (Lipinski definition) is 3. The van der Waals surface area contributed by atoms with Crippen molar-refractivity contribution in [1.82, 2.24) is 5.32 Å². The van der Waals surface area contributed by atoms with E-state index in [-0.39, 0.29) is 18.0 Å². The molecule has 0 aliphatic carbocycles. The molecule has 0 atom stereocenters. The lowest BCUT2D eigenvalue weighted by atomic mass is 10.1. The molecular weight excluding hydrogens is 359 g/mol. The molecule has 0 saturated heterocycles. The summed E-state index contributed by atoms with van der Waals surface area (Å²) < 4.78 is 18.6. The predicted octanol–water partition coefficient (Wildman–Crippen LogP) is 4.02. The number of carbonyl (C=O) groups is 2. The van der Waals surface area contributed by atoms with Gasteiger partial charge in [0, 0.05) is 17.7 Å². The summed E-state index contributed by atoms with van der Waals surface area (Å²) in [7, 11) is 1.57. The van der Waals surface area contributed by atoms with E-state index in [0.717, 1.165) is 11.6 Å². The molecule has 28 heavy (non-hydrogen) atoms. The Kier molecular flexibility index (Phi) is 6.01. The second-order valence-electron chi connectivity index (χ2n) is 6.00. The van der Waals surface area contributed by atoms with Gasteiger partial charge in [-0.15, -0.1) is 0 Å². The first kappa shape index (κ1) is 19.1. The molecule has 2 N–H and O–H groups in total. The summed E-state index contributed by atoms with van der Waals surface area (Å²) in [6.07, 6.45) is 0. The predicted molar refractivity (Wildman–Crippen MR) is 105 cm³/mol. The highest BCUT2D eigenvalue weighted by molar-refractivity contribution is 6.09. The SMILES string of the molecule is COc1ccccc1CNC(=O)c1ccccc1NC(=O)c1cccc(F)c1. The molecule has 0 radical (unpaired) electrons. The first-order valence-electron chi connectivity index (χ1n) is 8.64. The van der Waals surface area contributed by atoms with Crippen LogP contribution in [0.2, 0.25) is 0 Å². The number of benzene rings is 3. The van der Waals surface area contributed by atoms with E-state index >= 15 is 0 Å². The molecule has 0 heterocycles. The molecule has 0 unspecified atom stereocenters. The van der Waals surface area contributed by atoms with Gasteiger partial charge in [-0.3, -0.25) is 9.59 Å². The van der Waals surface area contributed by atoms with Crippen molar-refractivity contribution in [3.63, 3.8) is 0 Å². The van der Waals surface area contributed by atoms with Crippen molar-refractivity contribution < 1.29 is 18.7 Å². The molecule has 0 bridgehead atoms. The van der Waals surface area contributed by atoms with Crippen LogP contribution in [0.3, 0.4) is 0 Å². The summed E-state index contributed by atoms with van der Waals surface area (Å²) in [5, 5.41) is 5.49. The van der Waals surface area contributed by atoms with Crippen molar-refractivity contribution in [2.45, 2.75) is 6.54 Å². The maximum Gasteiger partial charge on any atom is 0.255 e. The van der Waals surface area contributed by atoms with Gasteiger partial charge in [-0.05, 0) is 36.4 Å². The quantitative estimate of drug-likeness (QED) is 0.681. The Morgan fingerprint density at radius 1 is 0.929 bits per heavy atom. The molecule has 5 nitrogen and oxygen atoms in total. The number of methoxy groups -OCH3 is 1. The van der Waals surface area contributed by atoms with E-state index in [1.807, 2.05) is 24.3 Å². The molecule has 3 aromatic rings. The Labute approximate surface area is 162 Å². The first-order chi connectivity index (χ1) is 13.6. The Hall–Kier alpha value is -3.67. The molecular formula is C22H19FN2O3. The van der Waals surface area contributed by atoms with Gasteiger partial charge < -0.3 is 15.4 Å². The Morgan fingerprint density at radius 2 is 1.68 bits per heavy atom. The third-order valence-electron chi connectivity index (χ3n) is 4.14. The fourth-order valence-electron chi connectivity index (χ4n) is 2.73. The third kappa shape index (κ3) is 4.54. The number of ether oxygens (including phenoxy) is 1. The molecule has 3 rings (SSSR count). The fraction of sp³-hybridized carbons (Fsp3) is 0.0909. The van der Waals surface area contributed by atoms with Crippen molar-refractivity contribution in [3.8, 4) is 5.75 Å². The number of halogens is 1. The number of anilines is 1. The minimum Gasteiger partial charge on any atom is -0.496 e. The topological polar surface area (TPSA) is 67.4 Å². The van der Waals surface area contributed by atoms with Crippen molar-refractivity contribution >= 4 is 17.5 Å². The minimum atomic E-state index is -0.504. The highest BCUT2D eigenvalue weighted by Crippen LogP contribution is 2.19. The second kappa shape index (κ2) is 8.81. The van der Waals surface area contributed by atoms with Crippen LogP contribution in [0.4, 0.5) is 10.1 Å². The van der Waals surface area contributed by atoms with E-state index in [1.54, 1.807) is 31.4 Å². The van der Waals surface area contributed by atoms with Crippen LogP contribution in [-0.4, -0.2) is 18.9 Å². The van der Waals surface area contributed by atoms with Crippen molar-refractivity contribution in [3.05, 3.63) is 95.3 Å². The highest BCUT2D eigenvalue weighted by Gasteiger charge is 2.15. The van der Waals surface area contributed by atoms with Gasteiger partial charge in [-0.1, -0.05) is 36.4 Å². The van der Waals surface area contributed by atoms with Crippen LogP contribution in [0.25, 0.3) is 0 Å². The van der Waals surface area contributed by atoms with Gasteiger partial charge in [0.05, 0.1) is 18.4 Å². The van der Waals surface area contributed by atoms with E-state index < -0.39 is 11.7 Å². The van der Waals surface area contributed by atoms with Crippen LogP contribution in [0, 0.1) is 5.82 Å². The zero-order valence-electron chi connectivity index (χ0n) is 15.2. The number of nitrogens with one attached hydrogen (secondary N) is 2. The molecule has 2 amide bonds. The molecule has 142 valence electrons. The summed E-state index contributed by atoms with van der Waals surface area (Å²) in [6, 6.07) is 19.4. The van der Waals surface area contributed by atoms with E-state index in [4.69, 9.17) is 4.74 Å². The van der Waals surface area contributed by atoms with Crippen LogP contribution in [0.1, 0.15) is 26.3 Å². The maximum atomic E-state index is 13.3. The average molecular weight is 378 g/mol. The lowest BCUT2D eigenvalue weighted by molar-refractivity contribution is 0.0951. The standard InChI is InChI=1S/C22H19FN2O3/c1-28-20-12-5-2-7-16(20)14-24-22(27)18-10-3-4-11-19(18)25-21(26)15-8-6-9-17(23)13-15/h2-13H,14H2,1H3,(H,24,27)(H,25,26). The number of carbonyl (C=O) groups excluding carboxylic acids is 2. The summed E-state index contributed by atoms with van der Waals surface area (Å²) in [6.45, 7) is 0.273. The lowest BCUT2D eigenvalue weighted by Crippen LogP contribution is -2.25. The first-order valence-corrected chi connectivity index (χ1v) is 8.64. The molecule has 0 fully saturated rings. The van der Waals surface area contributed by atoms with Crippen molar-refractivity contribution in [1.29, 1.82) is 0 Å². The molecule has 6 heteroatoms. The van der Waals surface area contributed by atoms with Gasteiger partial charge in [-0.25, -0.2) is 4.39 Å². The van der Waals surface area contributed by atoms with E-state index in [0.29, 0.717) is 17.0 Å². The maximum absolute atomic E-state index is 13.3. The fourth-order valence-corrected chi connectivity index (χ4v) is 2.73. The normalized spacial score (nSPS) is 10.2. The molecule has 3 aromatic carbocycles. The molecule has 0 aliphatic heterocycles. The van der Waals surface area contributed by atoms with Gasteiger partial charge in [0.1, 0.15) is 11.6 Å². The Morgan fingerprint density at radius 3 is 2.46 bits per heavy atom. The molecule has 0 saturated carbocycles. The molecule has 0 aromatic heterocycles. The summed E-state index contributed by atoms with van der Waals surface area (Å²) in [5.74, 6) is -0.670. The van der Waals surface area contributed by atoms with Crippen LogP contribution in [0.15, 0.2) is 72.8 Å². The Balaban J connectivity index is 1.74. The molecule has 0 spiro atoms. The largest absolute Gasteiger partial charge is 0.496 e. The molecule has 0 aliphatic rings. The third-order valence-corrected chi connectivity index (χ3v) is 4.14. The van der Waals surface area contributed by atoms with Gasteiger partial charge in [0.15, 0.2) is 0 Å². The zero-order valence-corrected chi connectivity index (χ0v) is 15.2. The van der Waals surface area contributed by atoms with Crippen LogP contribution in [0.5, 0.6) is 5.75 Å². The van der Waals surface area contributed by atoms with E-state index in [2.05, 4.69) is 10.6 Å². The highest BCUT2D eigenvalue weighted by atomic mass is 19.1. The van der Waals surface area contributed by atoms with Crippen molar-refractivity contribution in [2.24, 2.45) is 0 Å². The Bertz CT molecular complexity index is 1000. The van der Waals surface area contributed by atoms with Gasteiger partial charge >= 0.3 is 0 Å². The summed E-state index contributed by atoms with van der Waals surface area (Å²) in [4.78, 5) is 25.0. The number of rotatable bonds is 6. The average Bonchev–Trinajstić information content (AvgIpc) is 2.72. The number of hydrogen-bond donors (Lipinski definition) is 2. The second-order valence-corrected chi connectivity index (χ2v) is 6.00. The van der Waals surface area contributed by atoms with E-state index in [9.17, 15) is 14.0 Å². The van der Waals surface area contributed by atoms with Gasteiger partial charge in [0.25, 0.3) is 11.8 Å². The lowest BCUT2D eigenvalue weighted by Gasteiger charge is -2.13. The number of para-hydroxylation sites is 2. The van der Waals surface area contributed by atoms with Crippen molar-refractivity contribution in [2.75, 3.05) is 12.4 Å².